The molecule has 5 nitrogen and oxygen atoms in total. The van der Waals surface area contributed by atoms with Crippen LogP contribution in [0.15, 0.2) is 42.7 Å². The average Bonchev–Trinajstić information content (AvgIpc) is 2.54. The van der Waals surface area contributed by atoms with Crippen molar-refractivity contribution in [2.45, 2.75) is 13.3 Å². The first kappa shape index (κ1) is 16.0. The quantitative estimate of drug-likeness (QED) is 0.890. The number of benzene rings is 1. The van der Waals surface area contributed by atoms with Gasteiger partial charge in [-0.05, 0) is 24.6 Å². The summed E-state index contributed by atoms with van der Waals surface area (Å²) in [6, 6.07) is 8.44. The second-order valence-electron chi connectivity index (χ2n) is 4.65. The SMILES string of the molecule is CCCNC(=O)c1cncc(C(=O)Nc2ccccc2Cl)c1. The Morgan fingerprint density at radius 1 is 1.14 bits per heavy atom. The lowest BCUT2D eigenvalue weighted by atomic mass is 10.2. The molecule has 2 rings (SSSR count). The number of nitrogens with zero attached hydrogens (tertiary/aromatic N) is 1. The van der Waals surface area contributed by atoms with Crippen LogP contribution < -0.4 is 10.6 Å². The van der Waals surface area contributed by atoms with Gasteiger partial charge in [0.05, 0.1) is 21.8 Å². The van der Waals surface area contributed by atoms with Crippen LogP contribution in [0.1, 0.15) is 34.1 Å². The van der Waals surface area contributed by atoms with Crippen molar-refractivity contribution in [1.29, 1.82) is 0 Å². The highest BCUT2D eigenvalue weighted by Gasteiger charge is 2.12. The lowest BCUT2D eigenvalue weighted by Crippen LogP contribution is -2.24. The summed E-state index contributed by atoms with van der Waals surface area (Å²) in [5.41, 5.74) is 1.15. The van der Waals surface area contributed by atoms with E-state index in [4.69, 9.17) is 11.6 Å². The molecule has 0 spiro atoms. The van der Waals surface area contributed by atoms with E-state index in [-0.39, 0.29) is 11.8 Å². The number of para-hydroxylation sites is 1. The molecular formula is C16H16ClN3O2. The summed E-state index contributed by atoms with van der Waals surface area (Å²) in [5, 5.41) is 5.88. The van der Waals surface area contributed by atoms with Crippen molar-refractivity contribution in [2.24, 2.45) is 0 Å². The molecule has 0 saturated carbocycles. The normalized spacial score (nSPS) is 10.1. The van der Waals surface area contributed by atoms with Gasteiger partial charge >= 0.3 is 0 Å². The number of hydrogen-bond donors (Lipinski definition) is 2. The maximum atomic E-state index is 12.2. The minimum atomic E-state index is -0.370. The van der Waals surface area contributed by atoms with Gasteiger partial charge in [0.2, 0.25) is 0 Å². The van der Waals surface area contributed by atoms with Crippen molar-refractivity contribution in [2.75, 3.05) is 11.9 Å². The Bertz CT molecular complexity index is 689. The van der Waals surface area contributed by atoms with Gasteiger partial charge in [0.15, 0.2) is 0 Å². The Hall–Kier alpha value is -2.40. The van der Waals surface area contributed by atoms with E-state index in [0.29, 0.717) is 28.4 Å². The molecule has 0 fully saturated rings. The zero-order valence-electron chi connectivity index (χ0n) is 12.1. The van der Waals surface area contributed by atoms with E-state index in [1.807, 2.05) is 6.92 Å². The fourth-order valence-corrected chi connectivity index (χ4v) is 1.97. The molecule has 0 aliphatic rings. The summed E-state index contributed by atoms with van der Waals surface area (Å²) in [7, 11) is 0. The number of hydrogen-bond acceptors (Lipinski definition) is 3. The van der Waals surface area contributed by atoms with Crippen LogP contribution in [-0.2, 0) is 0 Å². The van der Waals surface area contributed by atoms with Crippen molar-refractivity contribution in [1.82, 2.24) is 10.3 Å². The van der Waals surface area contributed by atoms with Gasteiger partial charge in [0.25, 0.3) is 11.8 Å². The molecule has 0 saturated heterocycles. The molecule has 0 aliphatic carbocycles. The second-order valence-corrected chi connectivity index (χ2v) is 5.06. The average molecular weight is 318 g/mol. The highest BCUT2D eigenvalue weighted by atomic mass is 35.5. The number of pyridine rings is 1. The summed E-state index contributed by atoms with van der Waals surface area (Å²) < 4.78 is 0. The lowest BCUT2D eigenvalue weighted by Gasteiger charge is -2.08. The number of carbonyl (C=O) groups is 2. The van der Waals surface area contributed by atoms with Gasteiger partial charge in [0.1, 0.15) is 0 Å². The molecule has 2 N–H and O–H groups in total. The van der Waals surface area contributed by atoms with Gasteiger partial charge < -0.3 is 10.6 Å². The molecule has 2 amide bonds. The number of anilines is 1. The topological polar surface area (TPSA) is 71.1 Å². The van der Waals surface area contributed by atoms with E-state index in [1.54, 1.807) is 24.3 Å². The van der Waals surface area contributed by atoms with Crippen LogP contribution in [0.2, 0.25) is 5.02 Å². The molecule has 0 bridgehead atoms. The smallest absolute Gasteiger partial charge is 0.257 e. The van der Waals surface area contributed by atoms with Gasteiger partial charge in [0, 0.05) is 18.9 Å². The van der Waals surface area contributed by atoms with E-state index in [1.165, 1.54) is 18.5 Å². The standard InChI is InChI=1S/C16H16ClN3O2/c1-2-7-19-15(21)11-8-12(10-18-9-11)16(22)20-14-6-4-3-5-13(14)17/h3-6,8-10H,2,7H2,1H3,(H,19,21)(H,20,22). The molecule has 1 aromatic carbocycles. The van der Waals surface area contributed by atoms with Gasteiger partial charge in [-0.2, -0.15) is 0 Å². The van der Waals surface area contributed by atoms with Gasteiger partial charge in [-0.1, -0.05) is 30.7 Å². The highest BCUT2D eigenvalue weighted by molar-refractivity contribution is 6.33. The molecule has 6 heteroatoms. The third kappa shape index (κ3) is 4.05. The predicted molar refractivity (Wildman–Crippen MR) is 86.3 cm³/mol. The monoisotopic (exact) mass is 317 g/mol. The minimum Gasteiger partial charge on any atom is -0.352 e. The largest absolute Gasteiger partial charge is 0.352 e. The molecule has 0 unspecified atom stereocenters. The molecule has 22 heavy (non-hydrogen) atoms. The van der Waals surface area contributed by atoms with E-state index in [2.05, 4.69) is 15.6 Å². The first-order valence-corrected chi connectivity index (χ1v) is 7.28. The molecule has 0 radical (unpaired) electrons. The fourth-order valence-electron chi connectivity index (χ4n) is 1.79. The molecule has 114 valence electrons. The summed E-state index contributed by atoms with van der Waals surface area (Å²) >= 11 is 6.00. The van der Waals surface area contributed by atoms with Crippen LogP contribution in [0.3, 0.4) is 0 Å². The number of carbonyl (C=O) groups excluding carboxylic acids is 2. The van der Waals surface area contributed by atoms with Crippen LogP contribution in [0.5, 0.6) is 0 Å². The maximum Gasteiger partial charge on any atom is 0.257 e. The first-order chi connectivity index (χ1) is 10.6. The summed E-state index contributed by atoms with van der Waals surface area (Å²) in [5.74, 6) is -0.618. The third-order valence-electron chi connectivity index (χ3n) is 2.92. The highest BCUT2D eigenvalue weighted by Crippen LogP contribution is 2.21. The van der Waals surface area contributed by atoms with E-state index in [9.17, 15) is 9.59 Å². The number of rotatable bonds is 5. The zero-order chi connectivity index (χ0) is 15.9. The van der Waals surface area contributed by atoms with E-state index < -0.39 is 0 Å². The van der Waals surface area contributed by atoms with Gasteiger partial charge in [-0.3, -0.25) is 14.6 Å². The van der Waals surface area contributed by atoms with Crippen LogP contribution in [0.4, 0.5) is 5.69 Å². The Kier molecular flexibility index (Phi) is 5.49. The Morgan fingerprint density at radius 3 is 2.50 bits per heavy atom. The van der Waals surface area contributed by atoms with Crippen molar-refractivity contribution in [3.05, 3.63) is 58.9 Å². The van der Waals surface area contributed by atoms with Crippen LogP contribution in [0.25, 0.3) is 0 Å². The molecule has 2 aromatic rings. The van der Waals surface area contributed by atoms with Crippen molar-refractivity contribution in [3.63, 3.8) is 0 Å². The zero-order valence-corrected chi connectivity index (χ0v) is 12.9. The molecule has 1 heterocycles. The second kappa shape index (κ2) is 7.56. The fraction of sp³-hybridized carbons (Fsp3) is 0.188. The Labute approximate surface area is 133 Å². The first-order valence-electron chi connectivity index (χ1n) is 6.91. The third-order valence-corrected chi connectivity index (χ3v) is 3.25. The molecule has 0 aliphatic heterocycles. The van der Waals surface area contributed by atoms with Gasteiger partial charge in [-0.25, -0.2) is 0 Å². The van der Waals surface area contributed by atoms with Crippen molar-refractivity contribution < 1.29 is 9.59 Å². The summed E-state index contributed by atoms with van der Waals surface area (Å²) in [4.78, 5) is 28.0. The number of amides is 2. The summed E-state index contributed by atoms with van der Waals surface area (Å²) in [6.07, 6.45) is 3.67. The minimum absolute atomic E-state index is 0.248. The number of halogens is 1. The maximum absolute atomic E-state index is 12.2. The van der Waals surface area contributed by atoms with E-state index in [0.717, 1.165) is 6.42 Å². The predicted octanol–water partition coefficient (Wildman–Crippen LogP) is 3.13. The van der Waals surface area contributed by atoms with Crippen molar-refractivity contribution in [3.8, 4) is 0 Å². The Morgan fingerprint density at radius 2 is 1.82 bits per heavy atom. The van der Waals surface area contributed by atoms with Gasteiger partial charge in [-0.15, -0.1) is 0 Å². The number of aromatic nitrogens is 1. The number of nitrogens with one attached hydrogen (secondary N) is 2. The van der Waals surface area contributed by atoms with Crippen molar-refractivity contribution >= 4 is 29.1 Å². The van der Waals surface area contributed by atoms with Crippen LogP contribution >= 0.6 is 11.6 Å². The molecule has 1 aromatic heterocycles. The molecular weight excluding hydrogens is 302 g/mol. The Balaban J connectivity index is 2.13. The molecule has 0 atom stereocenters. The summed E-state index contributed by atoms with van der Waals surface area (Å²) in [6.45, 7) is 2.54. The van der Waals surface area contributed by atoms with Crippen LogP contribution in [0, 0.1) is 0 Å². The lowest BCUT2D eigenvalue weighted by molar-refractivity contribution is 0.0953. The van der Waals surface area contributed by atoms with E-state index >= 15 is 0 Å². The van der Waals surface area contributed by atoms with Crippen LogP contribution in [-0.4, -0.2) is 23.3 Å².